The molecular formula is C17H26ClNO. The van der Waals surface area contributed by atoms with Crippen molar-refractivity contribution in [2.75, 3.05) is 6.54 Å². The fourth-order valence-electron chi connectivity index (χ4n) is 3.03. The third-order valence-electron chi connectivity index (χ3n) is 4.32. The molecule has 1 unspecified atom stereocenters. The molecule has 2 N–H and O–H groups in total. The fourth-order valence-corrected chi connectivity index (χ4v) is 3.15. The minimum Gasteiger partial charge on any atom is -0.393 e. The second-order valence-electron chi connectivity index (χ2n) is 5.98. The highest BCUT2D eigenvalue weighted by Crippen LogP contribution is 2.26. The monoisotopic (exact) mass is 295 g/mol. The highest BCUT2D eigenvalue weighted by molar-refractivity contribution is 6.30. The van der Waals surface area contributed by atoms with Gasteiger partial charge in [-0.3, -0.25) is 0 Å². The molecule has 112 valence electrons. The van der Waals surface area contributed by atoms with Gasteiger partial charge in [-0.05, 0) is 62.3 Å². The average Bonchev–Trinajstić information content (AvgIpc) is 2.46. The number of rotatable bonds is 6. The topological polar surface area (TPSA) is 32.3 Å². The van der Waals surface area contributed by atoms with Gasteiger partial charge >= 0.3 is 0 Å². The maximum Gasteiger partial charge on any atom is 0.0540 e. The van der Waals surface area contributed by atoms with Gasteiger partial charge in [0.1, 0.15) is 0 Å². The van der Waals surface area contributed by atoms with E-state index in [1.54, 1.807) is 0 Å². The first kappa shape index (κ1) is 15.8. The molecule has 0 bridgehead atoms. The van der Waals surface area contributed by atoms with Crippen molar-refractivity contribution in [3.63, 3.8) is 0 Å². The maximum absolute atomic E-state index is 9.56. The molecule has 0 radical (unpaired) electrons. The van der Waals surface area contributed by atoms with Crippen LogP contribution in [-0.4, -0.2) is 17.8 Å². The van der Waals surface area contributed by atoms with Crippen molar-refractivity contribution in [3.05, 3.63) is 34.9 Å². The van der Waals surface area contributed by atoms with Gasteiger partial charge < -0.3 is 10.4 Å². The predicted molar refractivity (Wildman–Crippen MR) is 85.1 cm³/mol. The van der Waals surface area contributed by atoms with Gasteiger partial charge in [-0.1, -0.05) is 37.1 Å². The van der Waals surface area contributed by atoms with Gasteiger partial charge in [0.2, 0.25) is 0 Å². The van der Waals surface area contributed by atoms with Crippen molar-refractivity contribution in [3.8, 4) is 0 Å². The van der Waals surface area contributed by atoms with Crippen LogP contribution in [0.3, 0.4) is 0 Å². The van der Waals surface area contributed by atoms with E-state index in [9.17, 15) is 5.11 Å². The first-order chi connectivity index (χ1) is 9.69. The lowest BCUT2D eigenvalue weighted by Crippen LogP contribution is -2.30. The Kier molecular flexibility index (Phi) is 6.34. The minimum atomic E-state index is -0.0612. The van der Waals surface area contributed by atoms with Crippen molar-refractivity contribution in [2.45, 2.75) is 57.6 Å². The first-order valence-corrected chi connectivity index (χ1v) is 8.23. The standard InChI is InChI=1S/C17H26ClNO/c1-2-3-17(14-6-8-15(18)9-7-14)19-12-13-4-10-16(20)11-5-13/h6-9,13,16-17,19-20H,2-5,10-12H2,1H3. The normalized spacial score (nSPS) is 24.6. The number of hydrogen-bond donors (Lipinski definition) is 2. The van der Waals surface area contributed by atoms with Gasteiger partial charge in [0.05, 0.1) is 6.10 Å². The van der Waals surface area contributed by atoms with Crippen molar-refractivity contribution >= 4 is 11.6 Å². The molecule has 1 saturated carbocycles. The molecule has 2 rings (SSSR count). The van der Waals surface area contributed by atoms with Gasteiger partial charge in [0.25, 0.3) is 0 Å². The predicted octanol–water partition coefficient (Wildman–Crippen LogP) is 4.32. The van der Waals surface area contributed by atoms with Crippen LogP contribution < -0.4 is 5.32 Å². The summed E-state index contributed by atoms with van der Waals surface area (Å²) in [5, 5.41) is 14.1. The van der Waals surface area contributed by atoms with Crippen LogP contribution in [0.2, 0.25) is 5.02 Å². The van der Waals surface area contributed by atoms with E-state index in [1.807, 2.05) is 12.1 Å². The van der Waals surface area contributed by atoms with Crippen LogP contribution in [0.5, 0.6) is 0 Å². The third-order valence-corrected chi connectivity index (χ3v) is 4.57. The van der Waals surface area contributed by atoms with Crippen LogP contribution in [0.4, 0.5) is 0 Å². The molecule has 1 aromatic rings. The summed E-state index contributed by atoms with van der Waals surface area (Å²) in [6, 6.07) is 8.61. The number of aliphatic hydroxyl groups excluding tert-OH is 1. The van der Waals surface area contributed by atoms with E-state index in [2.05, 4.69) is 24.4 Å². The van der Waals surface area contributed by atoms with Crippen molar-refractivity contribution < 1.29 is 5.11 Å². The molecule has 0 heterocycles. The summed E-state index contributed by atoms with van der Waals surface area (Å²) in [5.74, 6) is 0.713. The molecule has 0 spiro atoms. The Hall–Kier alpha value is -0.570. The van der Waals surface area contributed by atoms with Crippen molar-refractivity contribution in [2.24, 2.45) is 5.92 Å². The lowest BCUT2D eigenvalue weighted by atomic mass is 9.87. The molecule has 3 heteroatoms. The first-order valence-electron chi connectivity index (χ1n) is 7.86. The van der Waals surface area contributed by atoms with Gasteiger partial charge in [-0.25, -0.2) is 0 Å². The number of hydrogen-bond acceptors (Lipinski definition) is 2. The Labute approximate surface area is 127 Å². The lowest BCUT2D eigenvalue weighted by Gasteiger charge is -2.28. The van der Waals surface area contributed by atoms with E-state index in [0.717, 1.165) is 43.7 Å². The Morgan fingerprint density at radius 3 is 2.45 bits per heavy atom. The summed E-state index contributed by atoms with van der Waals surface area (Å²) in [7, 11) is 0. The van der Waals surface area contributed by atoms with Crippen LogP contribution in [-0.2, 0) is 0 Å². The van der Waals surface area contributed by atoms with Crippen LogP contribution in [0.25, 0.3) is 0 Å². The van der Waals surface area contributed by atoms with Crippen LogP contribution in [0.15, 0.2) is 24.3 Å². The zero-order valence-corrected chi connectivity index (χ0v) is 13.1. The van der Waals surface area contributed by atoms with E-state index >= 15 is 0 Å². The molecule has 1 aliphatic carbocycles. The van der Waals surface area contributed by atoms with Crippen molar-refractivity contribution in [1.82, 2.24) is 5.32 Å². The smallest absolute Gasteiger partial charge is 0.0540 e. The van der Waals surface area contributed by atoms with Crippen LogP contribution in [0, 0.1) is 5.92 Å². The highest BCUT2D eigenvalue weighted by atomic mass is 35.5. The summed E-state index contributed by atoms with van der Waals surface area (Å²) >= 11 is 5.96. The third kappa shape index (κ3) is 4.76. The summed E-state index contributed by atoms with van der Waals surface area (Å²) in [6.07, 6.45) is 6.48. The number of aliphatic hydroxyl groups is 1. The Morgan fingerprint density at radius 1 is 1.20 bits per heavy atom. The lowest BCUT2D eigenvalue weighted by molar-refractivity contribution is 0.107. The van der Waals surface area contributed by atoms with E-state index in [4.69, 9.17) is 11.6 Å². The van der Waals surface area contributed by atoms with Gasteiger partial charge in [-0.2, -0.15) is 0 Å². The summed E-state index contributed by atoms with van der Waals surface area (Å²) < 4.78 is 0. The molecule has 1 fully saturated rings. The number of nitrogens with one attached hydrogen (secondary N) is 1. The largest absolute Gasteiger partial charge is 0.393 e. The van der Waals surface area contributed by atoms with E-state index in [-0.39, 0.29) is 6.10 Å². The highest BCUT2D eigenvalue weighted by Gasteiger charge is 2.20. The molecule has 0 amide bonds. The average molecular weight is 296 g/mol. The van der Waals surface area contributed by atoms with Gasteiger partial charge in [-0.15, -0.1) is 0 Å². The Morgan fingerprint density at radius 2 is 1.85 bits per heavy atom. The molecular weight excluding hydrogens is 270 g/mol. The molecule has 1 aliphatic rings. The van der Waals surface area contributed by atoms with E-state index in [1.165, 1.54) is 12.0 Å². The zero-order valence-electron chi connectivity index (χ0n) is 12.3. The molecule has 0 aliphatic heterocycles. The molecule has 1 atom stereocenters. The summed E-state index contributed by atoms with van der Waals surface area (Å²) in [5.41, 5.74) is 1.33. The second-order valence-corrected chi connectivity index (χ2v) is 6.41. The van der Waals surface area contributed by atoms with Gasteiger partial charge in [0.15, 0.2) is 0 Å². The molecule has 1 aromatic carbocycles. The zero-order chi connectivity index (χ0) is 14.4. The van der Waals surface area contributed by atoms with Gasteiger partial charge in [0, 0.05) is 11.1 Å². The van der Waals surface area contributed by atoms with Crippen LogP contribution >= 0.6 is 11.6 Å². The van der Waals surface area contributed by atoms with Crippen molar-refractivity contribution in [1.29, 1.82) is 0 Å². The maximum atomic E-state index is 9.56. The number of benzene rings is 1. The summed E-state index contributed by atoms with van der Waals surface area (Å²) in [4.78, 5) is 0. The second kappa shape index (κ2) is 8.02. The minimum absolute atomic E-state index is 0.0612. The van der Waals surface area contributed by atoms with E-state index < -0.39 is 0 Å². The Bertz CT molecular complexity index is 384. The molecule has 0 saturated heterocycles. The number of halogens is 1. The molecule has 0 aromatic heterocycles. The molecule has 2 nitrogen and oxygen atoms in total. The SMILES string of the molecule is CCCC(NCC1CCC(O)CC1)c1ccc(Cl)cc1. The fraction of sp³-hybridized carbons (Fsp3) is 0.647. The summed E-state index contributed by atoms with van der Waals surface area (Å²) in [6.45, 7) is 3.28. The quantitative estimate of drug-likeness (QED) is 0.819. The van der Waals surface area contributed by atoms with E-state index in [0.29, 0.717) is 12.0 Å². The Balaban J connectivity index is 1.87. The van der Waals surface area contributed by atoms with Crippen LogP contribution in [0.1, 0.15) is 57.1 Å². The molecule has 20 heavy (non-hydrogen) atoms.